The number of nitrogens with zero attached hydrogens (tertiary/aromatic N) is 4. The van der Waals surface area contributed by atoms with Crippen molar-refractivity contribution in [3.63, 3.8) is 0 Å². The number of anilines is 1. The summed E-state index contributed by atoms with van der Waals surface area (Å²) in [7, 11) is 1.81. The predicted octanol–water partition coefficient (Wildman–Crippen LogP) is 4.00. The van der Waals surface area contributed by atoms with Crippen molar-refractivity contribution in [2.75, 3.05) is 11.9 Å². The molecule has 0 unspecified atom stereocenters. The highest BCUT2D eigenvalue weighted by atomic mass is 16.2. The molecule has 30 heavy (non-hydrogen) atoms. The number of rotatable bonds is 5. The number of benzene rings is 2. The molecule has 0 saturated heterocycles. The lowest BCUT2D eigenvalue weighted by Gasteiger charge is -2.18. The molecule has 6 nitrogen and oxygen atoms in total. The van der Waals surface area contributed by atoms with E-state index < -0.39 is 0 Å². The standard InChI is InChI=1S/C24H20N4O2/c1-27(24(30)17-10-11-17)19-9-5-8-18(14-19)21-12-13-25-23-20(15-26-28(21)23)22(29)16-6-3-2-4-7-16/h2-9,12-15,17H,10-11H2,1H3. The molecule has 0 radical (unpaired) electrons. The summed E-state index contributed by atoms with van der Waals surface area (Å²) in [6, 6.07) is 18.8. The number of amides is 1. The highest BCUT2D eigenvalue weighted by Gasteiger charge is 2.32. The van der Waals surface area contributed by atoms with E-state index in [4.69, 9.17) is 0 Å². The van der Waals surface area contributed by atoms with Gasteiger partial charge < -0.3 is 4.90 Å². The highest BCUT2D eigenvalue weighted by molar-refractivity contribution is 6.12. The van der Waals surface area contributed by atoms with Crippen molar-refractivity contribution in [3.8, 4) is 11.3 Å². The third-order valence-corrected chi connectivity index (χ3v) is 5.47. The van der Waals surface area contributed by atoms with E-state index in [1.807, 2.05) is 55.6 Å². The molecule has 1 fully saturated rings. The SMILES string of the molecule is CN(C(=O)C1CC1)c1cccc(-c2ccnc3c(C(=O)c4ccccc4)cnn23)c1. The van der Waals surface area contributed by atoms with E-state index in [-0.39, 0.29) is 17.6 Å². The van der Waals surface area contributed by atoms with Crippen LogP contribution in [0.25, 0.3) is 16.9 Å². The van der Waals surface area contributed by atoms with Crippen molar-refractivity contribution >= 4 is 23.0 Å². The van der Waals surface area contributed by atoms with Gasteiger partial charge in [-0.15, -0.1) is 0 Å². The van der Waals surface area contributed by atoms with Crippen LogP contribution in [0.1, 0.15) is 28.8 Å². The Hall–Kier alpha value is -3.80. The molecule has 5 rings (SSSR count). The number of carbonyl (C=O) groups excluding carboxylic acids is 2. The van der Waals surface area contributed by atoms with Crippen molar-refractivity contribution < 1.29 is 9.59 Å². The van der Waals surface area contributed by atoms with Crippen LogP contribution in [0.2, 0.25) is 0 Å². The van der Waals surface area contributed by atoms with Crippen LogP contribution < -0.4 is 4.90 Å². The fraction of sp³-hybridized carbons (Fsp3) is 0.167. The van der Waals surface area contributed by atoms with Crippen LogP contribution in [0, 0.1) is 5.92 Å². The first-order valence-electron chi connectivity index (χ1n) is 9.94. The number of hydrogen-bond donors (Lipinski definition) is 0. The van der Waals surface area contributed by atoms with Gasteiger partial charge in [-0.05, 0) is 31.0 Å². The second-order valence-electron chi connectivity index (χ2n) is 7.54. The van der Waals surface area contributed by atoms with Gasteiger partial charge >= 0.3 is 0 Å². The average Bonchev–Trinajstić information content (AvgIpc) is 3.56. The molecule has 148 valence electrons. The average molecular weight is 396 g/mol. The van der Waals surface area contributed by atoms with Gasteiger partial charge in [0.2, 0.25) is 5.91 Å². The van der Waals surface area contributed by atoms with E-state index in [1.165, 1.54) is 0 Å². The molecule has 1 aliphatic rings. The molecule has 0 atom stereocenters. The first kappa shape index (κ1) is 18.2. The molecule has 6 heteroatoms. The largest absolute Gasteiger partial charge is 0.315 e. The van der Waals surface area contributed by atoms with E-state index in [0.717, 1.165) is 29.8 Å². The molecule has 0 N–H and O–H groups in total. The molecule has 1 saturated carbocycles. The molecular weight excluding hydrogens is 376 g/mol. The lowest BCUT2D eigenvalue weighted by molar-refractivity contribution is -0.119. The third-order valence-electron chi connectivity index (χ3n) is 5.47. The minimum Gasteiger partial charge on any atom is -0.315 e. The first-order chi connectivity index (χ1) is 14.6. The number of fused-ring (bicyclic) bond motifs is 1. The quantitative estimate of drug-likeness (QED) is 0.478. The van der Waals surface area contributed by atoms with Crippen LogP contribution in [-0.2, 0) is 4.79 Å². The number of carbonyl (C=O) groups is 2. The van der Waals surface area contributed by atoms with Crippen molar-refractivity contribution in [2.24, 2.45) is 5.92 Å². The lowest BCUT2D eigenvalue weighted by Crippen LogP contribution is -2.27. The van der Waals surface area contributed by atoms with Crippen molar-refractivity contribution in [3.05, 3.63) is 84.2 Å². The maximum absolute atomic E-state index is 12.9. The Labute approximate surface area is 173 Å². The molecule has 2 aromatic carbocycles. The van der Waals surface area contributed by atoms with Crippen molar-refractivity contribution in [2.45, 2.75) is 12.8 Å². The molecule has 0 spiro atoms. The van der Waals surface area contributed by atoms with Crippen LogP contribution in [0.4, 0.5) is 5.69 Å². The Bertz CT molecular complexity index is 1260. The maximum atomic E-state index is 12.9. The van der Waals surface area contributed by atoms with Crippen molar-refractivity contribution in [1.29, 1.82) is 0 Å². The van der Waals surface area contributed by atoms with Gasteiger partial charge in [0.05, 0.1) is 17.5 Å². The summed E-state index contributed by atoms with van der Waals surface area (Å²) in [5.74, 6) is 0.199. The summed E-state index contributed by atoms with van der Waals surface area (Å²) in [6.07, 6.45) is 5.19. The Morgan fingerprint density at radius 3 is 2.60 bits per heavy atom. The monoisotopic (exact) mass is 396 g/mol. The van der Waals surface area contributed by atoms with Gasteiger partial charge in [0.15, 0.2) is 11.4 Å². The van der Waals surface area contributed by atoms with Crippen LogP contribution in [0.15, 0.2) is 73.1 Å². The number of hydrogen-bond acceptors (Lipinski definition) is 4. The molecule has 4 aromatic rings. The number of ketones is 1. The Morgan fingerprint density at radius 1 is 1.03 bits per heavy atom. The molecule has 1 amide bonds. The van der Waals surface area contributed by atoms with Crippen LogP contribution >= 0.6 is 0 Å². The minimum atomic E-state index is -0.112. The third kappa shape index (κ3) is 3.16. The summed E-state index contributed by atoms with van der Waals surface area (Å²) < 4.78 is 1.68. The molecule has 2 aromatic heterocycles. The molecule has 0 bridgehead atoms. The van der Waals surface area contributed by atoms with Crippen LogP contribution in [0.5, 0.6) is 0 Å². The lowest BCUT2D eigenvalue weighted by atomic mass is 10.1. The summed E-state index contributed by atoms with van der Waals surface area (Å²) >= 11 is 0. The van der Waals surface area contributed by atoms with Gasteiger partial charge in [0.25, 0.3) is 0 Å². The minimum absolute atomic E-state index is 0.112. The van der Waals surface area contributed by atoms with Gasteiger partial charge in [-0.2, -0.15) is 5.10 Å². The second kappa shape index (κ2) is 7.22. The Balaban J connectivity index is 1.54. The van der Waals surface area contributed by atoms with Gasteiger partial charge in [-0.3, -0.25) is 9.59 Å². The van der Waals surface area contributed by atoms with Crippen LogP contribution in [-0.4, -0.2) is 33.3 Å². The van der Waals surface area contributed by atoms with Gasteiger partial charge in [0.1, 0.15) is 0 Å². The molecule has 1 aliphatic carbocycles. The first-order valence-corrected chi connectivity index (χ1v) is 9.94. The summed E-state index contributed by atoms with van der Waals surface area (Å²) in [5, 5.41) is 4.44. The Kier molecular flexibility index (Phi) is 4.39. The van der Waals surface area contributed by atoms with Crippen LogP contribution in [0.3, 0.4) is 0 Å². The van der Waals surface area contributed by atoms with E-state index in [0.29, 0.717) is 16.8 Å². The number of aromatic nitrogens is 3. The van der Waals surface area contributed by atoms with E-state index in [1.54, 1.807) is 33.9 Å². The normalized spacial score (nSPS) is 13.4. The topological polar surface area (TPSA) is 67.6 Å². The molecule has 0 aliphatic heterocycles. The highest BCUT2D eigenvalue weighted by Crippen LogP contribution is 2.33. The zero-order valence-electron chi connectivity index (χ0n) is 16.5. The fourth-order valence-electron chi connectivity index (χ4n) is 3.62. The van der Waals surface area contributed by atoms with Gasteiger partial charge in [-0.1, -0.05) is 42.5 Å². The second-order valence-corrected chi connectivity index (χ2v) is 7.54. The zero-order chi connectivity index (χ0) is 20.7. The molecule has 2 heterocycles. The van der Waals surface area contributed by atoms with Crippen molar-refractivity contribution in [1.82, 2.24) is 14.6 Å². The van der Waals surface area contributed by atoms with E-state index in [9.17, 15) is 9.59 Å². The zero-order valence-corrected chi connectivity index (χ0v) is 16.5. The van der Waals surface area contributed by atoms with E-state index in [2.05, 4.69) is 10.1 Å². The smallest absolute Gasteiger partial charge is 0.229 e. The summed E-state index contributed by atoms with van der Waals surface area (Å²) in [4.78, 5) is 31.5. The summed E-state index contributed by atoms with van der Waals surface area (Å²) in [5.41, 5.74) is 4.11. The van der Waals surface area contributed by atoms with Gasteiger partial charge in [-0.25, -0.2) is 9.50 Å². The fourth-order valence-corrected chi connectivity index (χ4v) is 3.62. The van der Waals surface area contributed by atoms with E-state index >= 15 is 0 Å². The maximum Gasteiger partial charge on any atom is 0.229 e. The predicted molar refractivity (Wildman–Crippen MR) is 114 cm³/mol. The molecular formula is C24H20N4O2. The summed E-state index contributed by atoms with van der Waals surface area (Å²) in [6.45, 7) is 0. The van der Waals surface area contributed by atoms with Gasteiger partial charge in [0, 0.05) is 36.0 Å². The Morgan fingerprint density at radius 2 is 1.83 bits per heavy atom.